The summed E-state index contributed by atoms with van der Waals surface area (Å²) in [6, 6.07) is 5.15. The third kappa shape index (κ3) is 8.13. The van der Waals surface area contributed by atoms with Crippen molar-refractivity contribution < 1.29 is 14.3 Å². The number of nitrogens with one attached hydrogen (secondary N) is 3. The van der Waals surface area contributed by atoms with Crippen LogP contribution < -0.4 is 20.9 Å². The van der Waals surface area contributed by atoms with Crippen LogP contribution in [-0.4, -0.2) is 23.5 Å². The lowest BCUT2D eigenvalue weighted by molar-refractivity contribution is -0.124. The zero-order valence-corrected chi connectivity index (χ0v) is 17.0. The van der Waals surface area contributed by atoms with Crippen molar-refractivity contribution in [3.63, 3.8) is 0 Å². The number of ether oxygens (including phenoxy) is 1. The molecular weight excluding hydrogens is 386 g/mol. The summed E-state index contributed by atoms with van der Waals surface area (Å²) in [7, 11) is 0. The highest BCUT2D eigenvalue weighted by Crippen LogP contribution is 2.27. The number of carbonyl (C=O) groups is 2. The van der Waals surface area contributed by atoms with E-state index in [2.05, 4.69) is 16.2 Å². The summed E-state index contributed by atoms with van der Waals surface area (Å²) in [4.78, 5) is 23.7. The molecular formula is C19H26ClN3O3S. The number of hydrogen-bond donors (Lipinski definition) is 3. The summed E-state index contributed by atoms with van der Waals surface area (Å²) >= 11 is 11.0. The van der Waals surface area contributed by atoms with Crippen LogP contribution in [0.5, 0.6) is 5.75 Å². The smallest absolute Gasteiger partial charge is 0.276 e. The van der Waals surface area contributed by atoms with Gasteiger partial charge >= 0.3 is 0 Å². The van der Waals surface area contributed by atoms with Crippen LogP contribution in [0.3, 0.4) is 0 Å². The average molecular weight is 412 g/mol. The standard InChI is InChI=1S/C19H26ClN3O3S/c1-13-11-15(8-9-16(13)20)26-12-18(25)22-23-19(27)21-17(24)10-7-14-5-3-2-4-6-14/h8-9,11,14H,2-7,10,12H2,1H3,(H,22,25)(H2,21,23,24,27). The number of halogens is 1. The van der Waals surface area contributed by atoms with Gasteiger partial charge in [0, 0.05) is 11.4 Å². The van der Waals surface area contributed by atoms with E-state index in [4.69, 9.17) is 28.6 Å². The molecule has 0 spiro atoms. The molecule has 0 aromatic heterocycles. The van der Waals surface area contributed by atoms with Gasteiger partial charge in [-0.3, -0.25) is 20.4 Å². The number of aryl methyl sites for hydroxylation is 1. The molecule has 148 valence electrons. The largest absolute Gasteiger partial charge is 0.484 e. The molecule has 0 saturated heterocycles. The molecule has 8 heteroatoms. The highest BCUT2D eigenvalue weighted by atomic mass is 35.5. The Morgan fingerprint density at radius 3 is 2.63 bits per heavy atom. The van der Waals surface area contributed by atoms with Crippen LogP contribution in [0.15, 0.2) is 18.2 Å². The zero-order valence-electron chi connectivity index (χ0n) is 15.5. The monoisotopic (exact) mass is 411 g/mol. The van der Waals surface area contributed by atoms with Crippen molar-refractivity contribution >= 4 is 40.7 Å². The molecule has 0 unspecified atom stereocenters. The molecule has 0 bridgehead atoms. The van der Waals surface area contributed by atoms with Gasteiger partial charge in [-0.25, -0.2) is 0 Å². The highest BCUT2D eigenvalue weighted by Gasteiger charge is 2.15. The minimum absolute atomic E-state index is 0.0688. The van der Waals surface area contributed by atoms with E-state index in [1.54, 1.807) is 18.2 Å². The molecule has 1 saturated carbocycles. The molecule has 1 aromatic rings. The molecule has 1 aromatic carbocycles. The van der Waals surface area contributed by atoms with Crippen LogP contribution in [0.1, 0.15) is 50.5 Å². The van der Waals surface area contributed by atoms with Crippen LogP contribution >= 0.6 is 23.8 Å². The number of hydrogen-bond acceptors (Lipinski definition) is 4. The Balaban J connectivity index is 1.60. The molecule has 3 N–H and O–H groups in total. The summed E-state index contributed by atoms with van der Waals surface area (Å²) in [5.74, 6) is 0.631. The quantitative estimate of drug-likeness (QED) is 0.493. The van der Waals surface area contributed by atoms with Gasteiger partial charge in [0.25, 0.3) is 5.91 Å². The van der Waals surface area contributed by atoms with Gasteiger partial charge in [-0.05, 0) is 55.2 Å². The summed E-state index contributed by atoms with van der Waals surface area (Å²) < 4.78 is 5.38. The topological polar surface area (TPSA) is 79.5 Å². The van der Waals surface area contributed by atoms with Crippen LogP contribution in [0, 0.1) is 12.8 Å². The van der Waals surface area contributed by atoms with Gasteiger partial charge in [0.1, 0.15) is 5.75 Å². The van der Waals surface area contributed by atoms with Crippen molar-refractivity contribution in [2.24, 2.45) is 5.92 Å². The lowest BCUT2D eigenvalue weighted by Gasteiger charge is -2.21. The lowest BCUT2D eigenvalue weighted by Crippen LogP contribution is -2.49. The lowest BCUT2D eigenvalue weighted by atomic mass is 9.86. The summed E-state index contributed by atoms with van der Waals surface area (Å²) in [5.41, 5.74) is 5.77. The van der Waals surface area contributed by atoms with Crippen LogP contribution in [0.4, 0.5) is 0 Å². The van der Waals surface area contributed by atoms with Crippen molar-refractivity contribution in [1.29, 1.82) is 0 Å². The molecule has 1 aliphatic rings. The Morgan fingerprint density at radius 1 is 1.19 bits per heavy atom. The fourth-order valence-corrected chi connectivity index (χ4v) is 3.33. The summed E-state index contributed by atoms with van der Waals surface area (Å²) in [6.07, 6.45) is 7.57. The highest BCUT2D eigenvalue weighted by molar-refractivity contribution is 7.80. The summed E-state index contributed by atoms with van der Waals surface area (Å²) in [5, 5.41) is 3.28. The molecule has 0 atom stereocenters. The minimum Gasteiger partial charge on any atom is -0.484 e. The number of carbonyl (C=O) groups excluding carboxylic acids is 2. The molecule has 6 nitrogen and oxygen atoms in total. The number of hydrazine groups is 1. The van der Waals surface area contributed by atoms with Gasteiger partial charge in [0.15, 0.2) is 11.7 Å². The van der Waals surface area contributed by atoms with Gasteiger partial charge < -0.3 is 10.1 Å². The maximum Gasteiger partial charge on any atom is 0.276 e. The first-order chi connectivity index (χ1) is 12.9. The van der Waals surface area contributed by atoms with E-state index in [1.807, 2.05) is 6.92 Å². The molecule has 2 rings (SSSR count). The first kappa shape index (κ1) is 21.4. The fourth-order valence-electron chi connectivity index (χ4n) is 3.05. The van der Waals surface area contributed by atoms with Gasteiger partial charge in [-0.2, -0.15) is 0 Å². The summed E-state index contributed by atoms with van der Waals surface area (Å²) in [6.45, 7) is 1.67. The first-order valence-corrected chi connectivity index (χ1v) is 10.0. The van der Waals surface area contributed by atoms with E-state index in [1.165, 1.54) is 32.1 Å². The van der Waals surface area contributed by atoms with Crippen molar-refractivity contribution in [2.75, 3.05) is 6.61 Å². The Labute approximate surface area is 170 Å². The van der Waals surface area contributed by atoms with Crippen LogP contribution in [0.25, 0.3) is 0 Å². The molecule has 0 aliphatic heterocycles. The Kier molecular flexibility index (Phi) is 8.81. The molecule has 27 heavy (non-hydrogen) atoms. The molecule has 0 heterocycles. The van der Waals surface area contributed by atoms with Crippen molar-refractivity contribution in [1.82, 2.24) is 16.2 Å². The van der Waals surface area contributed by atoms with E-state index in [0.29, 0.717) is 23.1 Å². The van der Waals surface area contributed by atoms with E-state index in [-0.39, 0.29) is 17.6 Å². The molecule has 0 radical (unpaired) electrons. The van der Waals surface area contributed by atoms with E-state index < -0.39 is 5.91 Å². The van der Waals surface area contributed by atoms with Gasteiger partial charge in [0.05, 0.1) is 0 Å². The number of amides is 2. The minimum atomic E-state index is -0.415. The van der Waals surface area contributed by atoms with E-state index >= 15 is 0 Å². The number of rotatable bonds is 6. The second-order valence-electron chi connectivity index (χ2n) is 6.79. The van der Waals surface area contributed by atoms with Crippen LogP contribution in [-0.2, 0) is 9.59 Å². The number of thiocarbonyl (C=S) groups is 1. The Morgan fingerprint density at radius 2 is 1.93 bits per heavy atom. The SMILES string of the molecule is Cc1cc(OCC(=O)NNC(=S)NC(=O)CCC2CCCCC2)ccc1Cl. The Hall–Kier alpha value is -1.86. The maximum absolute atomic E-state index is 11.9. The van der Waals surface area contributed by atoms with Gasteiger partial charge in [-0.15, -0.1) is 0 Å². The van der Waals surface area contributed by atoms with Crippen molar-refractivity contribution in [3.05, 3.63) is 28.8 Å². The number of benzene rings is 1. The molecule has 2 amide bonds. The fraction of sp³-hybridized carbons (Fsp3) is 0.526. The maximum atomic E-state index is 11.9. The second-order valence-corrected chi connectivity index (χ2v) is 7.61. The predicted molar refractivity (Wildman–Crippen MR) is 110 cm³/mol. The Bertz CT molecular complexity index is 678. The molecule has 1 fully saturated rings. The van der Waals surface area contributed by atoms with E-state index in [9.17, 15) is 9.59 Å². The second kappa shape index (κ2) is 11.1. The van der Waals surface area contributed by atoms with Crippen LogP contribution in [0.2, 0.25) is 5.02 Å². The third-order valence-electron chi connectivity index (χ3n) is 4.57. The van der Waals surface area contributed by atoms with Gasteiger partial charge in [-0.1, -0.05) is 43.7 Å². The first-order valence-electron chi connectivity index (χ1n) is 9.21. The van der Waals surface area contributed by atoms with Gasteiger partial charge in [0.2, 0.25) is 5.91 Å². The van der Waals surface area contributed by atoms with Crippen molar-refractivity contribution in [3.8, 4) is 5.75 Å². The van der Waals surface area contributed by atoms with Crippen molar-refractivity contribution in [2.45, 2.75) is 51.9 Å². The molecule has 1 aliphatic carbocycles. The zero-order chi connectivity index (χ0) is 19.6. The predicted octanol–water partition coefficient (Wildman–Crippen LogP) is 3.41. The average Bonchev–Trinajstić information content (AvgIpc) is 2.66. The van der Waals surface area contributed by atoms with E-state index in [0.717, 1.165) is 12.0 Å². The normalized spacial score (nSPS) is 14.3. The third-order valence-corrected chi connectivity index (χ3v) is 5.20.